The van der Waals surface area contributed by atoms with Crippen molar-refractivity contribution < 1.29 is 9.72 Å². The average molecular weight is 426 g/mol. The Balaban J connectivity index is 1.43. The second-order valence-corrected chi connectivity index (χ2v) is 8.17. The van der Waals surface area contributed by atoms with Crippen LogP contribution in [-0.2, 0) is 13.0 Å². The Kier molecular flexibility index (Phi) is 4.93. The van der Waals surface area contributed by atoms with Gasteiger partial charge >= 0.3 is 0 Å². The fourth-order valence-corrected chi connectivity index (χ4v) is 4.34. The number of aromatic amines is 1. The van der Waals surface area contributed by atoms with Crippen LogP contribution in [0.3, 0.4) is 0 Å². The van der Waals surface area contributed by atoms with Crippen LogP contribution in [0.1, 0.15) is 33.7 Å². The Morgan fingerprint density at radius 1 is 1.03 bits per heavy atom. The number of non-ortho nitro benzene ring substituents is 1. The molecule has 1 aromatic heterocycles. The molecule has 3 aromatic carbocycles. The zero-order valence-electron chi connectivity index (χ0n) is 17.7. The lowest BCUT2D eigenvalue weighted by Crippen LogP contribution is -2.30. The van der Waals surface area contributed by atoms with E-state index in [2.05, 4.69) is 40.3 Å². The summed E-state index contributed by atoms with van der Waals surface area (Å²) >= 11 is 0. The Bertz CT molecular complexity index is 1340. The highest BCUT2D eigenvalue weighted by molar-refractivity contribution is 5.94. The number of amides is 1. The third kappa shape index (κ3) is 3.73. The molecule has 0 atom stereocenters. The van der Waals surface area contributed by atoms with Gasteiger partial charge in [-0.2, -0.15) is 0 Å². The van der Waals surface area contributed by atoms with Crippen LogP contribution in [0.25, 0.3) is 22.2 Å². The fraction of sp³-hybridized carbons (Fsp3) is 0.200. The van der Waals surface area contributed by atoms with Gasteiger partial charge in [-0.15, -0.1) is 0 Å². The second kappa shape index (κ2) is 7.92. The van der Waals surface area contributed by atoms with E-state index in [1.165, 1.54) is 29.8 Å². The maximum absolute atomic E-state index is 13.1. The van der Waals surface area contributed by atoms with E-state index in [0.717, 1.165) is 46.4 Å². The van der Waals surface area contributed by atoms with Crippen LogP contribution in [0, 0.1) is 17.0 Å². The van der Waals surface area contributed by atoms with Crippen LogP contribution in [0.5, 0.6) is 0 Å². The van der Waals surface area contributed by atoms with E-state index in [1.54, 1.807) is 0 Å². The number of carbonyl (C=O) groups excluding carboxylic acids is 1. The second-order valence-electron chi connectivity index (χ2n) is 8.17. The summed E-state index contributed by atoms with van der Waals surface area (Å²) in [6.45, 7) is 3.11. The number of aryl methyl sites for hydroxylation is 2. The van der Waals surface area contributed by atoms with E-state index >= 15 is 0 Å². The quantitative estimate of drug-likeness (QED) is 0.367. The SMILES string of the molecule is Cc1nc2cc(-c3ccc4c(c3)CN(C(=O)c3ccc([N+](=O)[O-])cc3)CCC4)ccc2[nH]1. The third-order valence-electron chi connectivity index (χ3n) is 5.99. The lowest BCUT2D eigenvalue weighted by atomic mass is 9.97. The molecule has 32 heavy (non-hydrogen) atoms. The molecule has 7 heteroatoms. The van der Waals surface area contributed by atoms with Crippen molar-refractivity contribution >= 4 is 22.6 Å². The predicted octanol–water partition coefficient (Wildman–Crippen LogP) is 5.04. The minimum Gasteiger partial charge on any atom is -0.342 e. The van der Waals surface area contributed by atoms with Crippen molar-refractivity contribution in [2.75, 3.05) is 6.54 Å². The smallest absolute Gasteiger partial charge is 0.269 e. The van der Waals surface area contributed by atoms with E-state index in [0.29, 0.717) is 18.7 Å². The van der Waals surface area contributed by atoms with E-state index in [-0.39, 0.29) is 11.6 Å². The number of H-pyrrole nitrogens is 1. The number of nitrogens with one attached hydrogen (secondary N) is 1. The first-order valence-electron chi connectivity index (χ1n) is 10.6. The molecule has 0 bridgehead atoms. The number of aromatic nitrogens is 2. The number of benzene rings is 3. The maximum Gasteiger partial charge on any atom is 0.269 e. The van der Waals surface area contributed by atoms with Crippen molar-refractivity contribution in [1.29, 1.82) is 0 Å². The number of nitrogens with zero attached hydrogens (tertiary/aromatic N) is 3. The van der Waals surface area contributed by atoms with Crippen LogP contribution in [-0.4, -0.2) is 32.2 Å². The minimum atomic E-state index is -0.459. The van der Waals surface area contributed by atoms with Gasteiger partial charge in [0.15, 0.2) is 0 Å². The van der Waals surface area contributed by atoms with Crippen molar-refractivity contribution in [3.8, 4) is 11.1 Å². The van der Waals surface area contributed by atoms with Crippen molar-refractivity contribution in [2.45, 2.75) is 26.3 Å². The number of imidazole rings is 1. The highest BCUT2D eigenvalue weighted by atomic mass is 16.6. The summed E-state index contributed by atoms with van der Waals surface area (Å²) in [5.41, 5.74) is 6.97. The zero-order chi connectivity index (χ0) is 22.2. The summed E-state index contributed by atoms with van der Waals surface area (Å²) < 4.78 is 0. The van der Waals surface area contributed by atoms with Gasteiger partial charge in [-0.05, 0) is 72.4 Å². The minimum absolute atomic E-state index is 0.0171. The van der Waals surface area contributed by atoms with Crippen molar-refractivity contribution in [3.63, 3.8) is 0 Å². The van der Waals surface area contributed by atoms with Crippen LogP contribution in [0.15, 0.2) is 60.7 Å². The Morgan fingerprint density at radius 3 is 2.56 bits per heavy atom. The molecule has 0 fully saturated rings. The monoisotopic (exact) mass is 426 g/mol. The highest BCUT2D eigenvalue weighted by Gasteiger charge is 2.21. The molecule has 0 saturated heterocycles. The topological polar surface area (TPSA) is 92.1 Å². The molecule has 1 aliphatic rings. The van der Waals surface area contributed by atoms with Crippen molar-refractivity contribution in [1.82, 2.24) is 14.9 Å². The number of carbonyl (C=O) groups is 1. The van der Waals surface area contributed by atoms with Gasteiger partial charge in [0, 0.05) is 30.8 Å². The lowest BCUT2D eigenvalue weighted by Gasteiger charge is -2.21. The van der Waals surface area contributed by atoms with Gasteiger partial charge < -0.3 is 9.88 Å². The molecule has 1 N–H and O–H groups in total. The molecule has 0 saturated carbocycles. The number of rotatable bonds is 3. The number of nitro benzene ring substituents is 1. The average Bonchev–Trinajstić information content (AvgIpc) is 3.04. The van der Waals surface area contributed by atoms with Crippen molar-refractivity contribution in [3.05, 3.63) is 93.3 Å². The molecule has 0 radical (unpaired) electrons. The fourth-order valence-electron chi connectivity index (χ4n) is 4.34. The molecule has 160 valence electrons. The number of hydrogen-bond acceptors (Lipinski definition) is 4. The van der Waals surface area contributed by atoms with Crippen LogP contribution < -0.4 is 0 Å². The van der Waals surface area contributed by atoms with Crippen LogP contribution in [0.4, 0.5) is 5.69 Å². The third-order valence-corrected chi connectivity index (χ3v) is 5.99. The first-order valence-corrected chi connectivity index (χ1v) is 10.6. The van der Waals surface area contributed by atoms with E-state index in [1.807, 2.05) is 17.9 Å². The molecule has 0 aliphatic carbocycles. The number of nitro groups is 1. The first-order chi connectivity index (χ1) is 15.5. The molecule has 1 aliphatic heterocycles. The summed E-state index contributed by atoms with van der Waals surface area (Å²) in [5, 5.41) is 10.9. The molecule has 7 nitrogen and oxygen atoms in total. The molecule has 0 unspecified atom stereocenters. The summed E-state index contributed by atoms with van der Waals surface area (Å²) in [5.74, 6) is 0.783. The summed E-state index contributed by atoms with van der Waals surface area (Å²) in [6, 6.07) is 18.5. The van der Waals surface area contributed by atoms with Crippen molar-refractivity contribution in [2.24, 2.45) is 0 Å². The van der Waals surface area contributed by atoms with Gasteiger partial charge in [0.05, 0.1) is 16.0 Å². The Morgan fingerprint density at radius 2 is 1.78 bits per heavy atom. The molecule has 4 aromatic rings. The van der Waals surface area contributed by atoms with Gasteiger partial charge in [-0.25, -0.2) is 4.98 Å². The van der Waals surface area contributed by atoms with Gasteiger partial charge in [0.1, 0.15) is 5.82 Å². The standard InChI is InChI=1S/C25H22N4O3/c1-16-26-23-11-8-20(14-24(23)27-16)19-5-4-17-3-2-12-28(15-21(17)13-19)25(30)18-6-9-22(10-7-18)29(31)32/h4-11,13-14H,2-3,12,15H2,1H3,(H,26,27). The first kappa shape index (κ1) is 19.9. The highest BCUT2D eigenvalue weighted by Crippen LogP contribution is 2.29. The molecule has 1 amide bonds. The predicted molar refractivity (Wildman–Crippen MR) is 122 cm³/mol. The summed E-state index contributed by atoms with van der Waals surface area (Å²) in [4.78, 5) is 33.1. The molecule has 5 rings (SSSR count). The van der Waals surface area contributed by atoms with Gasteiger partial charge in [0.25, 0.3) is 11.6 Å². The lowest BCUT2D eigenvalue weighted by molar-refractivity contribution is -0.384. The summed E-state index contributed by atoms with van der Waals surface area (Å²) in [6.07, 6.45) is 1.79. The maximum atomic E-state index is 13.1. The Hall–Kier alpha value is -4.00. The van der Waals surface area contributed by atoms with Crippen LogP contribution >= 0.6 is 0 Å². The molecular formula is C25H22N4O3. The van der Waals surface area contributed by atoms with E-state index in [4.69, 9.17) is 0 Å². The largest absolute Gasteiger partial charge is 0.342 e. The van der Waals surface area contributed by atoms with Gasteiger partial charge in [-0.1, -0.05) is 18.2 Å². The summed E-state index contributed by atoms with van der Waals surface area (Å²) in [7, 11) is 0. The van der Waals surface area contributed by atoms with Crippen LogP contribution in [0.2, 0.25) is 0 Å². The normalized spacial score (nSPS) is 13.6. The molecular weight excluding hydrogens is 404 g/mol. The number of fused-ring (bicyclic) bond motifs is 2. The zero-order valence-corrected chi connectivity index (χ0v) is 17.7. The Labute approximate surface area is 184 Å². The molecule has 0 spiro atoms. The van der Waals surface area contributed by atoms with Gasteiger partial charge in [-0.3, -0.25) is 14.9 Å². The number of hydrogen-bond donors (Lipinski definition) is 1. The van der Waals surface area contributed by atoms with Gasteiger partial charge in [0.2, 0.25) is 0 Å². The van der Waals surface area contributed by atoms with E-state index in [9.17, 15) is 14.9 Å². The van der Waals surface area contributed by atoms with E-state index < -0.39 is 4.92 Å². The molecule has 2 heterocycles.